The maximum absolute atomic E-state index is 13.6. The third-order valence-electron chi connectivity index (χ3n) is 4.72. The topological polar surface area (TPSA) is 37.3 Å². The Morgan fingerprint density at radius 3 is 2.07 bits per heavy atom. The summed E-state index contributed by atoms with van der Waals surface area (Å²) >= 11 is 0. The second-order valence-corrected chi connectivity index (χ2v) is 6.66. The molecule has 28 heavy (non-hydrogen) atoms. The van der Waals surface area contributed by atoms with Crippen LogP contribution in [0.15, 0.2) is 72.8 Å². The van der Waals surface area contributed by atoms with Crippen LogP contribution in [0.5, 0.6) is 0 Å². The molecule has 138 valence electrons. The number of hydrogen-bond donors (Lipinski definition) is 1. The summed E-state index contributed by atoms with van der Waals surface area (Å²) in [7, 11) is 0. The molecule has 0 atom stereocenters. The average Bonchev–Trinajstić information content (AvgIpc) is 2.99. The molecule has 1 aliphatic carbocycles. The molecule has 0 heterocycles. The SMILES string of the molecule is O=C(O)CC1=C/C(=C\c2ccc(-c3ccc(F)cc3)cc2)c2ccc(F)cc21. The maximum Gasteiger partial charge on any atom is 0.307 e. The van der Waals surface area contributed by atoms with E-state index in [-0.39, 0.29) is 18.1 Å². The van der Waals surface area contributed by atoms with Crippen LogP contribution in [0.3, 0.4) is 0 Å². The minimum absolute atomic E-state index is 0.155. The molecule has 0 saturated carbocycles. The number of halogens is 2. The molecular weight excluding hydrogens is 358 g/mol. The van der Waals surface area contributed by atoms with E-state index in [1.54, 1.807) is 24.3 Å². The first-order chi connectivity index (χ1) is 13.5. The highest BCUT2D eigenvalue weighted by molar-refractivity contribution is 6.04. The molecule has 0 amide bonds. The Balaban J connectivity index is 1.68. The van der Waals surface area contributed by atoms with E-state index in [1.165, 1.54) is 24.3 Å². The minimum Gasteiger partial charge on any atom is -0.481 e. The van der Waals surface area contributed by atoms with Gasteiger partial charge in [-0.05, 0) is 75.4 Å². The van der Waals surface area contributed by atoms with Crippen LogP contribution in [0.2, 0.25) is 0 Å². The molecule has 3 aromatic rings. The summed E-state index contributed by atoms with van der Waals surface area (Å²) in [5.41, 5.74) is 5.71. The van der Waals surface area contributed by atoms with Crippen molar-refractivity contribution in [3.8, 4) is 11.1 Å². The molecule has 0 aromatic heterocycles. The van der Waals surface area contributed by atoms with Crippen LogP contribution < -0.4 is 0 Å². The monoisotopic (exact) mass is 374 g/mol. The van der Waals surface area contributed by atoms with E-state index in [4.69, 9.17) is 5.11 Å². The lowest BCUT2D eigenvalue weighted by Crippen LogP contribution is -1.96. The molecule has 0 fully saturated rings. The van der Waals surface area contributed by atoms with Gasteiger partial charge in [-0.15, -0.1) is 0 Å². The molecular formula is C24H16F2O2. The molecule has 0 unspecified atom stereocenters. The van der Waals surface area contributed by atoms with Crippen molar-refractivity contribution < 1.29 is 18.7 Å². The van der Waals surface area contributed by atoms with Crippen LogP contribution in [-0.4, -0.2) is 11.1 Å². The van der Waals surface area contributed by atoms with E-state index in [0.29, 0.717) is 11.1 Å². The van der Waals surface area contributed by atoms with Gasteiger partial charge in [0.15, 0.2) is 0 Å². The predicted octanol–water partition coefficient (Wildman–Crippen LogP) is 6.04. The highest BCUT2D eigenvalue weighted by Gasteiger charge is 2.20. The number of allylic oxidation sites excluding steroid dienone is 2. The van der Waals surface area contributed by atoms with Crippen molar-refractivity contribution in [2.45, 2.75) is 6.42 Å². The molecule has 2 nitrogen and oxygen atoms in total. The summed E-state index contributed by atoms with van der Waals surface area (Å²) in [6.45, 7) is 0. The van der Waals surface area contributed by atoms with Crippen molar-refractivity contribution in [2.24, 2.45) is 0 Å². The van der Waals surface area contributed by atoms with Gasteiger partial charge in [0, 0.05) is 0 Å². The van der Waals surface area contributed by atoms with Crippen LogP contribution in [0.4, 0.5) is 8.78 Å². The summed E-state index contributed by atoms with van der Waals surface area (Å²) in [6.07, 6.45) is 3.59. The molecule has 1 aliphatic rings. The second-order valence-electron chi connectivity index (χ2n) is 6.66. The van der Waals surface area contributed by atoms with Crippen molar-refractivity contribution in [2.75, 3.05) is 0 Å². The Hall–Kier alpha value is -3.53. The van der Waals surface area contributed by atoms with Gasteiger partial charge in [-0.25, -0.2) is 8.78 Å². The number of benzene rings is 3. The van der Waals surface area contributed by atoms with Crippen LogP contribution in [0.25, 0.3) is 28.3 Å². The zero-order chi connectivity index (χ0) is 19.7. The summed E-state index contributed by atoms with van der Waals surface area (Å²) in [4.78, 5) is 11.1. The molecule has 4 rings (SSSR count). The van der Waals surface area contributed by atoms with Crippen molar-refractivity contribution >= 4 is 23.2 Å². The first kappa shape index (κ1) is 17.9. The minimum atomic E-state index is -0.952. The first-order valence-electron chi connectivity index (χ1n) is 8.80. The van der Waals surface area contributed by atoms with Gasteiger partial charge in [0.05, 0.1) is 6.42 Å². The summed E-state index contributed by atoms with van der Waals surface area (Å²) in [5.74, 6) is -1.61. The van der Waals surface area contributed by atoms with Crippen LogP contribution >= 0.6 is 0 Å². The molecule has 4 heteroatoms. The van der Waals surface area contributed by atoms with Gasteiger partial charge in [0.1, 0.15) is 11.6 Å². The average molecular weight is 374 g/mol. The van der Waals surface area contributed by atoms with Gasteiger partial charge < -0.3 is 5.11 Å². The third kappa shape index (κ3) is 3.62. The Morgan fingerprint density at radius 2 is 1.43 bits per heavy atom. The lowest BCUT2D eigenvalue weighted by atomic mass is 10.00. The smallest absolute Gasteiger partial charge is 0.307 e. The van der Waals surface area contributed by atoms with E-state index in [0.717, 1.165) is 27.8 Å². The lowest BCUT2D eigenvalue weighted by Gasteiger charge is -2.05. The Morgan fingerprint density at radius 1 is 0.821 bits per heavy atom. The summed E-state index contributed by atoms with van der Waals surface area (Å²) in [6, 6.07) is 18.5. The van der Waals surface area contributed by atoms with Crippen molar-refractivity contribution in [3.63, 3.8) is 0 Å². The number of hydrogen-bond acceptors (Lipinski definition) is 1. The molecule has 0 aliphatic heterocycles. The lowest BCUT2D eigenvalue weighted by molar-refractivity contribution is -0.135. The maximum atomic E-state index is 13.6. The fourth-order valence-corrected chi connectivity index (χ4v) is 3.40. The molecule has 0 bridgehead atoms. The molecule has 0 spiro atoms. The number of aliphatic carboxylic acids is 1. The zero-order valence-corrected chi connectivity index (χ0v) is 14.8. The normalized spacial score (nSPS) is 14.1. The van der Waals surface area contributed by atoms with E-state index >= 15 is 0 Å². The fourth-order valence-electron chi connectivity index (χ4n) is 3.40. The van der Waals surface area contributed by atoms with Gasteiger partial charge in [-0.1, -0.05) is 42.5 Å². The van der Waals surface area contributed by atoms with Crippen molar-refractivity contribution in [1.29, 1.82) is 0 Å². The van der Waals surface area contributed by atoms with Crippen LogP contribution in [0.1, 0.15) is 23.1 Å². The molecule has 1 N–H and O–H groups in total. The van der Waals surface area contributed by atoms with Gasteiger partial charge in [0.25, 0.3) is 0 Å². The van der Waals surface area contributed by atoms with Gasteiger partial charge in [0.2, 0.25) is 0 Å². The number of carbonyl (C=O) groups is 1. The molecule has 0 saturated heterocycles. The highest BCUT2D eigenvalue weighted by atomic mass is 19.1. The predicted molar refractivity (Wildman–Crippen MR) is 106 cm³/mol. The Kier molecular flexibility index (Phi) is 4.62. The van der Waals surface area contributed by atoms with E-state index < -0.39 is 5.97 Å². The van der Waals surface area contributed by atoms with Crippen molar-refractivity contribution in [1.82, 2.24) is 0 Å². The fraction of sp³-hybridized carbons (Fsp3) is 0.0417. The standard InChI is InChI=1S/C24H16F2O2/c25-20-7-5-17(6-8-20)16-3-1-15(2-4-16)11-18-12-19(13-24(27)28)23-14-21(26)9-10-22(18)23/h1-12,14H,13H2,(H,27,28)/b18-11+. The van der Waals surface area contributed by atoms with Crippen molar-refractivity contribution in [3.05, 3.63) is 101 Å². The van der Waals surface area contributed by atoms with E-state index in [1.807, 2.05) is 30.3 Å². The molecule has 0 radical (unpaired) electrons. The number of fused-ring (bicyclic) bond motifs is 1. The Labute approximate surface area is 161 Å². The quantitative estimate of drug-likeness (QED) is 0.604. The van der Waals surface area contributed by atoms with Crippen LogP contribution in [-0.2, 0) is 4.79 Å². The summed E-state index contributed by atoms with van der Waals surface area (Å²) in [5, 5.41) is 9.12. The van der Waals surface area contributed by atoms with Gasteiger partial charge in [-0.3, -0.25) is 4.79 Å². The highest BCUT2D eigenvalue weighted by Crippen LogP contribution is 2.38. The van der Waals surface area contributed by atoms with E-state index in [2.05, 4.69) is 0 Å². The second kappa shape index (κ2) is 7.24. The Bertz CT molecular complexity index is 1110. The van der Waals surface area contributed by atoms with Gasteiger partial charge >= 0.3 is 5.97 Å². The number of rotatable bonds is 4. The summed E-state index contributed by atoms with van der Waals surface area (Å²) < 4.78 is 26.7. The number of carboxylic acids is 1. The van der Waals surface area contributed by atoms with Gasteiger partial charge in [-0.2, -0.15) is 0 Å². The van der Waals surface area contributed by atoms with Crippen LogP contribution in [0, 0.1) is 11.6 Å². The third-order valence-corrected chi connectivity index (χ3v) is 4.72. The molecule has 3 aromatic carbocycles. The largest absolute Gasteiger partial charge is 0.481 e. The van der Waals surface area contributed by atoms with E-state index in [9.17, 15) is 13.6 Å². The zero-order valence-electron chi connectivity index (χ0n) is 14.8. The first-order valence-corrected chi connectivity index (χ1v) is 8.80. The number of carboxylic acid groups (broad SMARTS) is 1.